The van der Waals surface area contributed by atoms with Crippen molar-refractivity contribution in [3.63, 3.8) is 0 Å². The molecule has 0 aliphatic carbocycles. The summed E-state index contributed by atoms with van der Waals surface area (Å²) in [6.45, 7) is 4.85. The summed E-state index contributed by atoms with van der Waals surface area (Å²) in [6, 6.07) is 13.1. The van der Waals surface area contributed by atoms with Gasteiger partial charge in [0.1, 0.15) is 11.0 Å². The molecule has 7 nitrogen and oxygen atoms in total. The van der Waals surface area contributed by atoms with E-state index in [4.69, 9.17) is 0 Å². The summed E-state index contributed by atoms with van der Waals surface area (Å²) >= 11 is 0. The molecule has 0 fully saturated rings. The van der Waals surface area contributed by atoms with Gasteiger partial charge in [-0.2, -0.15) is 0 Å². The summed E-state index contributed by atoms with van der Waals surface area (Å²) in [4.78, 5) is 36.0. The number of amides is 2. The summed E-state index contributed by atoms with van der Waals surface area (Å²) in [5.74, 6) is -2.33. The van der Waals surface area contributed by atoms with Crippen LogP contribution in [-0.2, 0) is 19.4 Å². The van der Waals surface area contributed by atoms with Gasteiger partial charge in [-0.1, -0.05) is 19.1 Å². The second-order valence-corrected chi connectivity index (χ2v) is 8.93. The number of hydrogen-bond donors (Lipinski definition) is 2. The lowest BCUT2D eigenvalue weighted by atomic mass is 10.1. The van der Waals surface area contributed by atoms with Gasteiger partial charge in [0.05, 0.1) is 0 Å². The van der Waals surface area contributed by atoms with Crippen molar-refractivity contribution in [1.82, 2.24) is 0 Å². The third-order valence-electron chi connectivity index (χ3n) is 4.29. The van der Waals surface area contributed by atoms with Crippen LogP contribution in [0.5, 0.6) is 0 Å². The van der Waals surface area contributed by atoms with Crippen molar-refractivity contribution in [3.05, 3.63) is 59.7 Å². The predicted octanol–water partition coefficient (Wildman–Crippen LogP) is 2.97. The maximum atomic E-state index is 12.6. The molecular formula is C21H24N2O5S. The van der Waals surface area contributed by atoms with Crippen molar-refractivity contribution in [1.29, 1.82) is 0 Å². The van der Waals surface area contributed by atoms with E-state index in [9.17, 15) is 22.8 Å². The second-order valence-electron chi connectivity index (χ2n) is 6.74. The average molecular weight is 416 g/mol. The van der Waals surface area contributed by atoms with E-state index in [2.05, 4.69) is 10.6 Å². The molecule has 154 valence electrons. The largest absolute Gasteiger partial charge is 0.325 e. The summed E-state index contributed by atoms with van der Waals surface area (Å²) in [5, 5.41) is 3.71. The molecule has 1 atom stereocenters. The Hall–Kier alpha value is -3.00. The number of carbonyl (C=O) groups excluding carboxylic acids is 3. The van der Waals surface area contributed by atoms with Crippen LogP contribution in [0, 0.1) is 6.92 Å². The molecule has 0 radical (unpaired) electrons. The van der Waals surface area contributed by atoms with Crippen molar-refractivity contribution in [3.8, 4) is 0 Å². The number of nitrogens with one attached hydrogen (secondary N) is 2. The maximum absolute atomic E-state index is 12.6. The summed E-state index contributed by atoms with van der Waals surface area (Å²) in [7, 11) is -4.02. The van der Waals surface area contributed by atoms with Gasteiger partial charge in [0, 0.05) is 16.9 Å². The molecule has 0 aliphatic heterocycles. The molecule has 29 heavy (non-hydrogen) atoms. The molecular weight excluding hydrogens is 392 g/mol. The first kappa shape index (κ1) is 22.3. The third kappa shape index (κ3) is 6.25. The van der Waals surface area contributed by atoms with Crippen LogP contribution >= 0.6 is 0 Å². The van der Waals surface area contributed by atoms with Crippen LogP contribution in [0.3, 0.4) is 0 Å². The number of hydrogen-bond acceptors (Lipinski definition) is 5. The molecule has 0 aromatic heterocycles. The molecule has 2 amide bonds. The molecule has 2 rings (SSSR count). The van der Waals surface area contributed by atoms with Crippen molar-refractivity contribution in [2.45, 2.75) is 32.4 Å². The van der Waals surface area contributed by atoms with E-state index in [1.807, 2.05) is 13.0 Å². The van der Waals surface area contributed by atoms with E-state index in [0.717, 1.165) is 5.56 Å². The zero-order chi connectivity index (χ0) is 21.6. The first-order valence-corrected chi connectivity index (χ1v) is 10.8. The number of sulfone groups is 1. The van der Waals surface area contributed by atoms with Gasteiger partial charge < -0.3 is 10.6 Å². The minimum atomic E-state index is -4.02. The van der Waals surface area contributed by atoms with Crippen LogP contribution in [0.25, 0.3) is 0 Å². The van der Waals surface area contributed by atoms with Crippen molar-refractivity contribution in [2.24, 2.45) is 0 Å². The number of ketones is 1. The van der Waals surface area contributed by atoms with Crippen LogP contribution in [-0.4, -0.2) is 37.0 Å². The van der Waals surface area contributed by atoms with Crippen molar-refractivity contribution >= 4 is 38.8 Å². The van der Waals surface area contributed by atoms with E-state index in [-0.39, 0.29) is 12.2 Å². The minimum Gasteiger partial charge on any atom is -0.325 e. The molecule has 2 N–H and O–H groups in total. The Morgan fingerprint density at radius 2 is 1.62 bits per heavy atom. The van der Waals surface area contributed by atoms with Gasteiger partial charge in [-0.25, -0.2) is 8.42 Å². The van der Waals surface area contributed by atoms with Crippen LogP contribution < -0.4 is 10.6 Å². The number of anilines is 2. The number of rotatable bonds is 8. The van der Waals surface area contributed by atoms with Crippen LogP contribution in [0.2, 0.25) is 0 Å². The van der Waals surface area contributed by atoms with Gasteiger partial charge in [-0.15, -0.1) is 0 Å². The molecule has 0 saturated carbocycles. The van der Waals surface area contributed by atoms with Crippen LogP contribution in [0.15, 0.2) is 48.5 Å². The number of aryl methyl sites for hydroxylation is 1. The fourth-order valence-corrected chi connectivity index (χ4v) is 4.35. The molecule has 1 unspecified atom stereocenters. The predicted molar refractivity (Wildman–Crippen MR) is 113 cm³/mol. The molecule has 0 aliphatic rings. The van der Waals surface area contributed by atoms with E-state index in [1.165, 1.54) is 19.1 Å². The molecule has 8 heteroatoms. The average Bonchev–Trinajstić information content (AvgIpc) is 2.61. The summed E-state index contributed by atoms with van der Waals surface area (Å²) < 4.78 is 25.3. The zero-order valence-electron chi connectivity index (χ0n) is 16.6. The van der Waals surface area contributed by atoms with Crippen molar-refractivity contribution < 1.29 is 22.8 Å². The van der Waals surface area contributed by atoms with Crippen LogP contribution in [0.4, 0.5) is 11.4 Å². The lowest BCUT2D eigenvalue weighted by Crippen LogP contribution is -2.39. The smallest absolute Gasteiger partial charge is 0.242 e. The highest BCUT2D eigenvalue weighted by Crippen LogP contribution is 2.15. The SMILES string of the molecule is CCC(C(=O)Nc1ccc(C(C)=O)cc1)S(=O)(=O)CC(=O)Nc1cccc(C)c1. The van der Waals surface area contributed by atoms with Gasteiger partial charge in [0.2, 0.25) is 11.8 Å². The lowest BCUT2D eigenvalue weighted by molar-refractivity contribution is -0.115. The van der Waals surface area contributed by atoms with E-state index >= 15 is 0 Å². The van der Waals surface area contributed by atoms with Crippen molar-refractivity contribution in [2.75, 3.05) is 16.4 Å². The van der Waals surface area contributed by atoms with Gasteiger partial charge in [0.15, 0.2) is 15.6 Å². The molecule has 2 aromatic carbocycles. The first-order valence-electron chi connectivity index (χ1n) is 9.12. The van der Waals surface area contributed by atoms with Gasteiger partial charge >= 0.3 is 0 Å². The fourth-order valence-electron chi connectivity index (χ4n) is 2.82. The zero-order valence-corrected chi connectivity index (χ0v) is 17.4. The summed E-state index contributed by atoms with van der Waals surface area (Å²) in [6.07, 6.45) is 0.0252. The van der Waals surface area contributed by atoms with E-state index in [0.29, 0.717) is 16.9 Å². The van der Waals surface area contributed by atoms with Gasteiger partial charge in [-0.3, -0.25) is 14.4 Å². The lowest BCUT2D eigenvalue weighted by Gasteiger charge is -2.16. The second kappa shape index (κ2) is 9.47. The number of Topliss-reactive ketones (excluding diaryl/α,β-unsaturated/α-hetero) is 1. The van der Waals surface area contributed by atoms with Crippen LogP contribution in [0.1, 0.15) is 36.2 Å². The monoisotopic (exact) mass is 416 g/mol. The first-order chi connectivity index (χ1) is 13.6. The summed E-state index contributed by atoms with van der Waals surface area (Å²) in [5.41, 5.74) is 2.27. The minimum absolute atomic E-state index is 0.0252. The molecule has 0 bridgehead atoms. The highest BCUT2D eigenvalue weighted by molar-refractivity contribution is 7.93. The number of carbonyl (C=O) groups is 3. The molecule has 0 heterocycles. The van der Waals surface area contributed by atoms with Gasteiger partial charge in [0.25, 0.3) is 0 Å². The Morgan fingerprint density at radius 3 is 2.17 bits per heavy atom. The Bertz CT molecular complexity index is 1010. The highest BCUT2D eigenvalue weighted by atomic mass is 32.2. The standard InChI is InChI=1S/C21H24N2O5S/c1-4-19(21(26)23-17-10-8-16(9-11-17)15(3)24)29(27,28)13-20(25)22-18-7-5-6-14(2)12-18/h5-12,19H,4,13H2,1-3H3,(H,22,25)(H,23,26). The van der Waals surface area contributed by atoms with Gasteiger partial charge in [-0.05, 0) is 62.2 Å². The highest BCUT2D eigenvalue weighted by Gasteiger charge is 2.33. The number of benzene rings is 2. The normalized spacial score (nSPS) is 12.1. The van der Waals surface area contributed by atoms with E-state index in [1.54, 1.807) is 37.3 Å². The Labute approximate surface area is 170 Å². The Kier molecular flexibility index (Phi) is 7.28. The fraction of sp³-hybridized carbons (Fsp3) is 0.286. The quantitative estimate of drug-likeness (QED) is 0.643. The Balaban J connectivity index is 2.06. The van der Waals surface area contributed by atoms with E-state index < -0.39 is 32.7 Å². The third-order valence-corrected chi connectivity index (χ3v) is 6.37. The molecule has 0 saturated heterocycles. The molecule has 2 aromatic rings. The Morgan fingerprint density at radius 1 is 0.966 bits per heavy atom. The topological polar surface area (TPSA) is 109 Å². The molecule has 0 spiro atoms. The maximum Gasteiger partial charge on any atom is 0.242 e.